The highest BCUT2D eigenvalue weighted by Crippen LogP contribution is 2.27. The van der Waals surface area contributed by atoms with Crippen molar-refractivity contribution in [2.45, 2.75) is 74.9 Å². The third-order valence-electron chi connectivity index (χ3n) is 6.38. The minimum absolute atomic E-state index is 0.0458. The van der Waals surface area contributed by atoms with Gasteiger partial charge in [0, 0.05) is 49.3 Å². The predicted molar refractivity (Wildman–Crippen MR) is 129 cm³/mol. The van der Waals surface area contributed by atoms with Gasteiger partial charge in [-0.05, 0) is 50.3 Å². The Hall–Kier alpha value is -2.12. The Morgan fingerprint density at radius 3 is 2.78 bits per heavy atom. The van der Waals surface area contributed by atoms with Crippen molar-refractivity contribution in [1.82, 2.24) is 15.3 Å². The van der Waals surface area contributed by atoms with Crippen molar-refractivity contribution in [2.24, 2.45) is 0 Å². The first-order valence-corrected chi connectivity index (χ1v) is 12.8. The molecular formula is C25H34N4O2S. The number of hydrogen-bond donors (Lipinski definition) is 1. The fraction of sp³-hybridized carbons (Fsp3) is 0.560. The summed E-state index contributed by atoms with van der Waals surface area (Å²) in [4.78, 5) is 24.3. The molecule has 7 heteroatoms. The quantitative estimate of drug-likeness (QED) is 0.458. The Morgan fingerprint density at radius 1 is 1.16 bits per heavy atom. The molecule has 1 aromatic heterocycles. The Balaban J connectivity index is 1.36. The molecule has 1 saturated carbocycles. The summed E-state index contributed by atoms with van der Waals surface area (Å²) in [7, 11) is 2.16. The first-order chi connectivity index (χ1) is 15.6. The van der Waals surface area contributed by atoms with Crippen LogP contribution in [0.4, 0.5) is 5.82 Å². The molecule has 1 amide bonds. The van der Waals surface area contributed by atoms with Gasteiger partial charge in [0.05, 0.1) is 6.10 Å². The molecule has 1 aliphatic carbocycles. The minimum Gasteiger partial charge on any atom is -0.376 e. The summed E-state index contributed by atoms with van der Waals surface area (Å²) in [5.41, 5.74) is 2.76. The van der Waals surface area contributed by atoms with Crippen LogP contribution in [0, 0.1) is 6.92 Å². The van der Waals surface area contributed by atoms with Crippen molar-refractivity contribution >= 4 is 23.5 Å². The maximum Gasteiger partial charge on any atom is 0.251 e. The van der Waals surface area contributed by atoms with E-state index in [1.807, 2.05) is 25.1 Å². The summed E-state index contributed by atoms with van der Waals surface area (Å²) in [6, 6.07) is 10.5. The van der Waals surface area contributed by atoms with Crippen LogP contribution in [0.1, 0.15) is 66.6 Å². The average Bonchev–Trinajstić information content (AvgIpc) is 3.35. The number of hydrogen-bond acceptors (Lipinski definition) is 6. The smallest absolute Gasteiger partial charge is 0.251 e. The van der Waals surface area contributed by atoms with E-state index in [0.717, 1.165) is 47.4 Å². The van der Waals surface area contributed by atoms with Gasteiger partial charge in [0.25, 0.3) is 5.91 Å². The van der Waals surface area contributed by atoms with E-state index in [1.165, 1.54) is 32.1 Å². The fourth-order valence-corrected chi connectivity index (χ4v) is 5.33. The number of carbonyl (C=O) groups excluding carboxylic acids is 1. The van der Waals surface area contributed by atoms with E-state index in [0.29, 0.717) is 18.2 Å². The molecule has 32 heavy (non-hydrogen) atoms. The van der Waals surface area contributed by atoms with Crippen LogP contribution in [-0.4, -0.2) is 48.2 Å². The van der Waals surface area contributed by atoms with Gasteiger partial charge in [-0.2, -0.15) is 0 Å². The molecule has 2 heterocycles. The van der Waals surface area contributed by atoms with E-state index in [-0.39, 0.29) is 12.0 Å². The number of nitrogens with zero attached hydrogens (tertiary/aromatic N) is 3. The maximum atomic E-state index is 12.5. The number of amides is 1. The van der Waals surface area contributed by atoms with Crippen LogP contribution >= 0.6 is 11.8 Å². The van der Waals surface area contributed by atoms with Gasteiger partial charge in [0.2, 0.25) is 0 Å². The topological polar surface area (TPSA) is 67.4 Å². The van der Waals surface area contributed by atoms with Gasteiger partial charge in [-0.3, -0.25) is 4.79 Å². The summed E-state index contributed by atoms with van der Waals surface area (Å²) in [5.74, 6) is 1.69. The molecule has 1 aliphatic heterocycles. The Kier molecular flexibility index (Phi) is 8.03. The molecule has 1 N–H and O–H groups in total. The summed E-state index contributed by atoms with van der Waals surface area (Å²) >= 11 is 1.62. The molecule has 1 saturated heterocycles. The molecule has 0 spiro atoms. The van der Waals surface area contributed by atoms with E-state index in [2.05, 4.69) is 34.4 Å². The third kappa shape index (κ3) is 6.23. The number of nitrogens with one attached hydrogen (secondary N) is 1. The summed E-state index contributed by atoms with van der Waals surface area (Å²) < 4.78 is 5.59. The largest absolute Gasteiger partial charge is 0.376 e. The number of carbonyl (C=O) groups is 1. The third-order valence-corrected chi connectivity index (χ3v) is 7.29. The summed E-state index contributed by atoms with van der Waals surface area (Å²) in [5, 5.41) is 3.79. The van der Waals surface area contributed by atoms with E-state index in [9.17, 15) is 4.79 Å². The van der Waals surface area contributed by atoms with Gasteiger partial charge >= 0.3 is 0 Å². The van der Waals surface area contributed by atoms with Crippen molar-refractivity contribution in [3.05, 3.63) is 47.2 Å². The molecule has 2 aromatic rings. The van der Waals surface area contributed by atoms with Gasteiger partial charge in [0.1, 0.15) is 5.82 Å². The second kappa shape index (κ2) is 11.1. The number of ether oxygens (including phenoxy) is 1. The number of benzene rings is 1. The molecule has 6 nitrogen and oxygen atoms in total. The zero-order chi connectivity index (χ0) is 22.3. The van der Waals surface area contributed by atoms with Crippen molar-refractivity contribution in [2.75, 3.05) is 25.1 Å². The molecule has 0 unspecified atom stereocenters. The van der Waals surface area contributed by atoms with Crippen LogP contribution in [0.15, 0.2) is 35.5 Å². The lowest BCUT2D eigenvalue weighted by molar-refractivity contribution is 0.0857. The average molecular weight is 455 g/mol. The number of rotatable bonds is 8. The molecule has 2 fully saturated rings. The lowest BCUT2D eigenvalue weighted by Gasteiger charge is -2.32. The molecule has 0 bridgehead atoms. The SMILES string of the molecule is Cc1cc(N(C)C2CCCCC2)nc(SCc2cccc(C(=O)NC[C@@H]3CCCO3)c2)n1. The van der Waals surface area contributed by atoms with Gasteiger partial charge in [-0.25, -0.2) is 9.97 Å². The van der Waals surface area contributed by atoms with Crippen LogP contribution < -0.4 is 10.2 Å². The second-order valence-corrected chi connectivity index (χ2v) is 9.83. The van der Waals surface area contributed by atoms with E-state index in [4.69, 9.17) is 9.72 Å². The molecule has 0 radical (unpaired) electrons. The predicted octanol–water partition coefficient (Wildman–Crippen LogP) is 4.76. The number of aromatic nitrogens is 2. The monoisotopic (exact) mass is 454 g/mol. The highest BCUT2D eigenvalue weighted by molar-refractivity contribution is 7.98. The van der Waals surface area contributed by atoms with Crippen LogP contribution in [0.2, 0.25) is 0 Å². The Morgan fingerprint density at radius 2 is 2.00 bits per heavy atom. The van der Waals surface area contributed by atoms with Crippen molar-refractivity contribution in [1.29, 1.82) is 0 Å². The van der Waals surface area contributed by atoms with Crippen LogP contribution in [0.3, 0.4) is 0 Å². The number of aryl methyl sites for hydroxylation is 1. The second-order valence-electron chi connectivity index (χ2n) is 8.89. The van der Waals surface area contributed by atoms with Gasteiger partial charge in [-0.1, -0.05) is 43.2 Å². The van der Waals surface area contributed by atoms with Crippen LogP contribution in [-0.2, 0) is 10.5 Å². The van der Waals surface area contributed by atoms with E-state index >= 15 is 0 Å². The normalized spacial score (nSPS) is 19.1. The minimum atomic E-state index is -0.0458. The zero-order valence-corrected chi connectivity index (χ0v) is 20.0. The first-order valence-electron chi connectivity index (χ1n) is 11.8. The molecule has 1 aromatic carbocycles. The molecular weight excluding hydrogens is 420 g/mol. The highest BCUT2D eigenvalue weighted by atomic mass is 32.2. The summed E-state index contributed by atoms with van der Waals surface area (Å²) in [6.45, 7) is 3.40. The zero-order valence-electron chi connectivity index (χ0n) is 19.2. The fourth-order valence-electron chi connectivity index (χ4n) is 4.49. The van der Waals surface area contributed by atoms with E-state index < -0.39 is 0 Å². The maximum absolute atomic E-state index is 12.5. The molecule has 172 valence electrons. The summed E-state index contributed by atoms with van der Waals surface area (Å²) in [6.07, 6.45) is 8.68. The number of thioether (sulfide) groups is 1. The first kappa shape index (κ1) is 23.1. The molecule has 2 aliphatic rings. The lowest BCUT2D eigenvalue weighted by atomic mass is 9.94. The van der Waals surface area contributed by atoms with Crippen molar-refractivity contribution in [3.8, 4) is 0 Å². The molecule has 4 rings (SSSR count). The Bertz CT molecular complexity index is 911. The van der Waals surface area contributed by atoms with Crippen LogP contribution in [0.25, 0.3) is 0 Å². The van der Waals surface area contributed by atoms with Crippen molar-refractivity contribution in [3.63, 3.8) is 0 Å². The van der Waals surface area contributed by atoms with Crippen molar-refractivity contribution < 1.29 is 9.53 Å². The van der Waals surface area contributed by atoms with Crippen LogP contribution in [0.5, 0.6) is 0 Å². The van der Waals surface area contributed by atoms with Gasteiger partial charge < -0.3 is 15.0 Å². The van der Waals surface area contributed by atoms with E-state index in [1.54, 1.807) is 11.8 Å². The Labute approximate surface area is 195 Å². The standard InChI is InChI=1S/C25H34N4O2S/c1-18-14-23(29(2)21-10-4-3-5-11-21)28-25(27-18)32-17-19-8-6-9-20(15-19)24(30)26-16-22-12-7-13-31-22/h6,8-9,14-15,21-22H,3-5,7,10-13,16-17H2,1-2H3,(H,26,30)/t22-/m0/s1. The van der Waals surface area contributed by atoms with Gasteiger partial charge in [-0.15, -0.1) is 0 Å². The molecule has 1 atom stereocenters. The highest BCUT2D eigenvalue weighted by Gasteiger charge is 2.20. The number of anilines is 1. The lowest BCUT2D eigenvalue weighted by Crippen LogP contribution is -2.34. The van der Waals surface area contributed by atoms with Gasteiger partial charge in [0.15, 0.2) is 5.16 Å².